The van der Waals surface area contributed by atoms with E-state index < -0.39 is 0 Å². The fraction of sp³-hybridized carbons (Fsp3) is 0.632. The lowest BCUT2D eigenvalue weighted by molar-refractivity contribution is -0.136. The molecule has 0 saturated carbocycles. The molecule has 0 aliphatic carbocycles. The van der Waals surface area contributed by atoms with E-state index in [1.807, 2.05) is 24.1 Å². The molecule has 2 aliphatic heterocycles. The van der Waals surface area contributed by atoms with E-state index in [0.717, 1.165) is 44.6 Å². The number of nitrogens with zero attached hydrogens (tertiary/aromatic N) is 2. The summed E-state index contributed by atoms with van der Waals surface area (Å²) in [7, 11) is 5.45. The molecule has 0 unspecified atom stereocenters. The number of methoxy groups -OCH3 is 2. The van der Waals surface area contributed by atoms with Gasteiger partial charge in [0, 0.05) is 26.7 Å². The molecule has 5 heteroatoms. The van der Waals surface area contributed by atoms with E-state index in [1.165, 1.54) is 5.56 Å². The summed E-state index contributed by atoms with van der Waals surface area (Å²) in [5.41, 5.74) is 1.32. The van der Waals surface area contributed by atoms with Gasteiger partial charge in [0.1, 0.15) is 5.75 Å². The Labute approximate surface area is 144 Å². The largest absolute Gasteiger partial charge is 0.497 e. The highest BCUT2D eigenvalue weighted by atomic mass is 16.5. The van der Waals surface area contributed by atoms with Crippen molar-refractivity contribution >= 4 is 5.91 Å². The second-order valence-electron chi connectivity index (χ2n) is 6.92. The van der Waals surface area contributed by atoms with Gasteiger partial charge in [0.2, 0.25) is 5.91 Å². The predicted octanol–water partition coefficient (Wildman–Crippen LogP) is 2.12. The first-order chi connectivity index (χ1) is 11.6. The molecule has 1 amide bonds. The predicted molar refractivity (Wildman–Crippen MR) is 93.4 cm³/mol. The Morgan fingerprint density at radius 3 is 2.58 bits per heavy atom. The van der Waals surface area contributed by atoms with E-state index in [9.17, 15) is 4.79 Å². The van der Waals surface area contributed by atoms with Crippen LogP contribution in [0.4, 0.5) is 0 Å². The molecule has 24 heavy (non-hydrogen) atoms. The summed E-state index contributed by atoms with van der Waals surface area (Å²) in [6.07, 6.45) is 3.02. The van der Waals surface area contributed by atoms with Crippen LogP contribution in [0.3, 0.4) is 0 Å². The van der Waals surface area contributed by atoms with E-state index >= 15 is 0 Å². The first-order valence-corrected chi connectivity index (χ1v) is 8.78. The van der Waals surface area contributed by atoms with Crippen LogP contribution in [-0.4, -0.2) is 68.8 Å². The Morgan fingerprint density at radius 1 is 1.21 bits per heavy atom. The Bertz CT molecular complexity index is 569. The zero-order chi connectivity index (χ0) is 17.1. The number of benzene rings is 1. The van der Waals surface area contributed by atoms with Gasteiger partial charge in [-0.25, -0.2) is 0 Å². The monoisotopic (exact) mass is 332 g/mol. The average Bonchev–Trinajstić information content (AvgIpc) is 3.02. The maximum Gasteiger partial charge on any atom is 0.240 e. The standard InChI is InChI=1S/C19H28N2O3/c1-20-13-17(24-3)12-18(20)19(22)21-9-7-14(8-10-21)15-5-4-6-16(11-15)23-2/h4-6,11,14,17-18H,7-10,12-13H2,1-3H3/t17-,18-/m0/s1. The first kappa shape index (κ1) is 17.2. The van der Waals surface area contributed by atoms with Crippen molar-refractivity contribution in [3.05, 3.63) is 29.8 Å². The van der Waals surface area contributed by atoms with Crippen molar-refractivity contribution in [3.8, 4) is 5.75 Å². The van der Waals surface area contributed by atoms with Crippen molar-refractivity contribution in [1.29, 1.82) is 0 Å². The summed E-state index contributed by atoms with van der Waals surface area (Å²) in [5, 5.41) is 0. The third kappa shape index (κ3) is 3.57. The molecular weight excluding hydrogens is 304 g/mol. The third-order valence-electron chi connectivity index (χ3n) is 5.50. The summed E-state index contributed by atoms with van der Waals surface area (Å²) >= 11 is 0. The number of carbonyl (C=O) groups is 1. The molecule has 2 fully saturated rings. The highest BCUT2D eigenvalue weighted by Crippen LogP contribution is 2.31. The van der Waals surface area contributed by atoms with Crippen LogP contribution in [0.15, 0.2) is 24.3 Å². The number of hydrogen-bond acceptors (Lipinski definition) is 4. The SMILES string of the molecule is COc1cccc(C2CCN(C(=O)[C@@H]3C[C@H](OC)CN3C)CC2)c1. The molecule has 132 valence electrons. The summed E-state index contributed by atoms with van der Waals surface area (Å²) in [4.78, 5) is 17.0. The average molecular weight is 332 g/mol. The summed E-state index contributed by atoms with van der Waals surface area (Å²) in [6, 6.07) is 8.28. The van der Waals surface area contributed by atoms with Crippen LogP contribution in [0, 0.1) is 0 Å². The Hall–Kier alpha value is -1.59. The number of ether oxygens (including phenoxy) is 2. The number of likely N-dealkylation sites (N-methyl/N-ethyl adjacent to an activating group) is 1. The maximum atomic E-state index is 12.8. The minimum Gasteiger partial charge on any atom is -0.497 e. The zero-order valence-electron chi connectivity index (χ0n) is 14.9. The fourth-order valence-corrected chi connectivity index (χ4v) is 3.95. The van der Waals surface area contributed by atoms with Crippen molar-refractivity contribution in [2.24, 2.45) is 0 Å². The van der Waals surface area contributed by atoms with Gasteiger partial charge in [-0.15, -0.1) is 0 Å². The van der Waals surface area contributed by atoms with E-state index in [0.29, 0.717) is 5.92 Å². The van der Waals surface area contributed by atoms with E-state index in [1.54, 1.807) is 14.2 Å². The van der Waals surface area contributed by atoms with Crippen molar-refractivity contribution < 1.29 is 14.3 Å². The van der Waals surface area contributed by atoms with E-state index in [2.05, 4.69) is 17.0 Å². The third-order valence-corrected chi connectivity index (χ3v) is 5.50. The topological polar surface area (TPSA) is 42.0 Å². The quantitative estimate of drug-likeness (QED) is 0.847. The molecule has 0 bridgehead atoms. The van der Waals surface area contributed by atoms with Crippen molar-refractivity contribution in [2.75, 3.05) is 40.9 Å². The van der Waals surface area contributed by atoms with Crippen LogP contribution in [0.1, 0.15) is 30.7 Å². The molecule has 2 atom stereocenters. The normalized spacial score (nSPS) is 25.9. The number of piperidine rings is 1. The molecule has 0 aromatic heterocycles. The second-order valence-corrected chi connectivity index (χ2v) is 6.92. The number of likely N-dealkylation sites (tertiary alicyclic amines) is 2. The molecule has 1 aromatic carbocycles. The minimum absolute atomic E-state index is 0.0247. The van der Waals surface area contributed by atoms with Gasteiger partial charge in [-0.3, -0.25) is 9.69 Å². The fourth-order valence-electron chi connectivity index (χ4n) is 3.95. The van der Waals surface area contributed by atoms with Gasteiger partial charge in [-0.1, -0.05) is 12.1 Å². The van der Waals surface area contributed by atoms with Crippen LogP contribution in [0.5, 0.6) is 5.75 Å². The highest BCUT2D eigenvalue weighted by molar-refractivity contribution is 5.82. The molecule has 0 spiro atoms. The van der Waals surface area contributed by atoms with Crippen LogP contribution in [0.25, 0.3) is 0 Å². The van der Waals surface area contributed by atoms with Crippen LogP contribution >= 0.6 is 0 Å². The number of rotatable bonds is 4. The maximum absolute atomic E-state index is 12.8. The molecule has 3 rings (SSSR count). The van der Waals surface area contributed by atoms with Gasteiger partial charge in [-0.2, -0.15) is 0 Å². The van der Waals surface area contributed by atoms with Gasteiger partial charge >= 0.3 is 0 Å². The molecule has 0 N–H and O–H groups in total. The number of carbonyl (C=O) groups excluding carboxylic acids is 1. The van der Waals surface area contributed by atoms with Crippen molar-refractivity contribution in [2.45, 2.75) is 37.3 Å². The molecule has 0 radical (unpaired) electrons. The van der Waals surface area contributed by atoms with Gasteiger partial charge in [0.25, 0.3) is 0 Å². The summed E-state index contributed by atoms with van der Waals surface area (Å²) in [6.45, 7) is 2.51. The zero-order valence-corrected chi connectivity index (χ0v) is 14.9. The summed E-state index contributed by atoms with van der Waals surface area (Å²) < 4.78 is 10.7. The Morgan fingerprint density at radius 2 is 1.96 bits per heavy atom. The summed E-state index contributed by atoms with van der Waals surface area (Å²) in [5.74, 6) is 1.68. The van der Waals surface area contributed by atoms with Crippen molar-refractivity contribution in [1.82, 2.24) is 9.80 Å². The molecule has 2 saturated heterocycles. The lowest BCUT2D eigenvalue weighted by Gasteiger charge is -2.35. The second kappa shape index (κ2) is 7.53. The molecule has 5 nitrogen and oxygen atoms in total. The molecule has 1 aromatic rings. The van der Waals surface area contributed by atoms with Crippen LogP contribution in [0.2, 0.25) is 0 Å². The van der Waals surface area contributed by atoms with Gasteiger partial charge < -0.3 is 14.4 Å². The minimum atomic E-state index is -0.0247. The van der Waals surface area contributed by atoms with Crippen molar-refractivity contribution in [3.63, 3.8) is 0 Å². The van der Waals surface area contributed by atoms with E-state index in [-0.39, 0.29) is 18.1 Å². The first-order valence-electron chi connectivity index (χ1n) is 8.78. The molecular formula is C19H28N2O3. The Kier molecular flexibility index (Phi) is 5.41. The Balaban J connectivity index is 1.57. The lowest BCUT2D eigenvalue weighted by atomic mass is 9.89. The smallest absolute Gasteiger partial charge is 0.240 e. The molecule has 2 heterocycles. The van der Waals surface area contributed by atoms with Crippen LogP contribution < -0.4 is 4.74 Å². The van der Waals surface area contributed by atoms with Gasteiger partial charge in [0.15, 0.2) is 0 Å². The van der Waals surface area contributed by atoms with Gasteiger partial charge in [0.05, 0.1) is 19.3 Å². The number of amides is 1. The van der Waals surface area contributed by atoms with E-state index in [4.69, 9.17) is 9.47 Å². The lowest BCUT2D eigenvalue weighted by Crippen LogP contribution is -2.47. The number of hydrogen-bond donors (Lipinski definition) is 0. The molecule has 2 aliphatic rings. The van der Waals surface area contributed by atoms with Crippen LogP contribution in [-0.2, 0) is 9.53 Å². The van der Waals surface area contributed by atoms with Gasteiger partial charge in [-0.05, 0) is 49.9 Å². The highest BCUT2D eigenvalue weighted by Gasteiger charge is 2.37.